The topological polar surface area (TPSA) is 84.5 Å². The molecule has 0 spiro atoms. The summed E-state index contributed by atoms with van der Waals surface area (Å²) in [6.07, 6.45) is 2.01. The largest absolute Gasteiger partial charge is 0.497 e. The molecule has 0 saturated heterocycles. The average molecular weight is 346 g/mol. The highest BCUT2D eigenvalue weighted by Crippen LogP contribution is 2.22. The summed E-state index contributed by atoms with van der Waals surface area (Å²) in [7, 11) is -2.22. The van der Waals surface area contributed by atoms with Crippen LogP contribution in [0.3, 0.4) is 0 Å². The van der Waals surface area contributed by atoms with E-state index in [0.29, 0.717) is 17.0 Å². The number of sulfonamides is 1. The molecule has 7 heteroatoms. The molecule has 24 heavy (non-hydrogen) atoms. The van der Waals surface area contributed by atoms with E-state index < -0.39 is 10.0 Å². The van der Waals surface area contributed by atoms with Gasteiger partial charge in [0.2, 0.25) is 0 Å². The van der Waals surface area contributed by atoms with E-state index in [-0.39, 0.29) is 16.8 Å². The molecule has 0 heterocycles. The molecule has 126 valence electrons. The number of methoxy groups -OCH3 is 1. The Morgan fingerprint density at radius 3 is 2.46 bits per heavy atom. The average Bonchev–Trinajstić information content (AvgIpc) is 3.38. The van der Waals surface area contributed by atoms with Gasteiger partial charge in [-0.05, 0) is 49.2 Å². The van der Waals surface area contributed by atoms with Crippen molar-refractivity contribution in [2.75, 3.05) is 11.8 Å². The number of carbonyl (C=O) groups excluding carboxylic acids is 1. The number of anilines is 1. The third-order valence-corrected chi connectivity index (χ3v) is 5.06. The minimum Gasteiger partial charge on any atom is -0.497 e. The van der Waals surface area contributed by atoms with Crippen molar-refractivity contribution in [3.05, 3.63) is 54.1 Å². The zero-order chi connectivity index (χ0) is 17.2. The molecule has 0 bridgehead atoms. The van der Waals surface area contributed by atoms with E-state index in [1.165, 1.54) is 31.4 Å². The zero-order valence-corrected chi connectivity index (χ0v) is 14.0. The molecule has 2 N–H and O–H groups in total. The van der Waals surface area contributed by atoms with Crippen molar-refractivity contribution in [1.82, 2.24) is 5.32 Å². The van der Waals surface area contributed by atoms with E-state index in [1.807, 2.05) is 0 Å². The van der Waals surface area contributed by atoms with Gasteiger partial charge in [-0.2, -0.15) is 0 Å². The fourth-order valence-electron chi connectivity index (χ4n) is 2.18. The predicted molar refractivity (Wildman–Crippen MR) is 90.7 cm³/mol. The molecule has 1 aliphatic rings. The molecule has 6 nitrogen and oxygen atoms in total. The van der Waals surface area contributed by atoms with Gasteiger partial charge in [-0.1, -0.05) is 6.07 Å². The summed E-state index contributed by atoms with van der Waals surface area (Å²) >= 11 is 0. The molecule has 3 rings (SSSR count). The predicted octanol–water partition coefficient (Wildman–Crippen LogP) is 2.39. The van der Waals surface area contributed by atoms with Gasteiger partial charge in [0.15, 0.2) is 0 Å². The SMILES string of the molecule is COc1cccc(NS(=O)(=O)c2ccc(C(=O)NC3CC3)cc2)c1. The first-order valence-electron chi connectivity index (χ1n) is 7.56. The number of nitrogens with one attached hydrogen (secondary N) is 2. The minimum atomic E-state index is -3.73. The summed E-state index contributed by atoms with van der Waals surface area (Å²) in [4.78, 5) is 12.0. The number of benzene rings is 2. The van der Waals surface area contributed by atoms with E-state index in [9.17, 15) is 13.2 Å². The second-order valence-corrected chi connectivity index (χ2v) is 7.29. The minimum absolute atomic E-state index is 0.0910. The summed E-state index contributed by atoms with van der Waals surface area (Å²) in [6, 6.07) is 12.8. The van der Waals surface area contributed by atoms with Crippen LogP contribution >= 0.6 is 0 Å². The first kappa shape index (κ1) is 16.3. The molecule has 0 aromatic heterocycles. The van der Waals surface area contributed by atoms with Gasteiger partial charge in [0, 0.05) is 17.7 Å². The molecule has 0 unspecified atom stereocenters. The summed E-state index contributed by atoms with van der Waals surface area (Å²) in [6.45, 7) is 0. The molecule has 2 aromatic carbocycles. The van der Waals surface area contributed by atoms with Crippen LogP contribution in [0, 0.1) is 0 Å². The molecular weight excluding hydrogens is 328 g/mol. The molecule has 2 aromatic rings. The first-order valence-corrected chi connectivity index (χ1v) is 9.04. The molecule has 0 atom stereocenters. The van der Waals surface area contributed by atoms with Gasteiger partial charge in [-0.25, -0.2) is 8.42 Å². The van der Waals surface area contributed by atoms with Gasteiger partial charge < -0.3 is 10.1 Å². The molecule has 1 amide bonds. The van der Waals surface area contributed by atoms with Crippen LogP contribution in [0.1, 0.15) is 23.2 Å². The van der Waals surface area contributed by atoms with Crippen molar-refractivity contribution >= 4 is 21.6 Å². The third-order valence-electron chi connectivity index (χ3n) is 3.66. The molecule has 0 aliphatic heterocycles. The Kier molecular flexibility index (Phi) is 4.44. The number of hydrogen-bond donors (Lipinski definition) is 2. The Labute approximate surface area is 140 Å². The van der Waals surface area contributed by atoms with E-state index in [2.05, 4.69) is 10.0 Å². The van der Waals surface area contributed by atoms with Gasteiger partial charge in [-0.3, -0.25) is 9.52 Å². The lowest BCUT2D eigenvalue weighted by atomic mass is 10.2. The second-order valence-electron chi connectivity index (χ2n) is 5.61. The summed E-state index contributed by atoms with van der Waals surface area (Å²) in [5.74, 6) is 0.379. The monoisotopic (exact) mass is 346 g/mol. The van der Waals surface area contributed by atoms with E-state index in [1.54, 1.807) is 24.3 Å². The maximum absolute atomic E-state index is 12.4. The molecule has 0 radical (unpaired) electrons. The van der Waals surface area contributed by atoms with Crippen molar-refractivity contribution in [2.24, 2.45) is 0 Å². The van der Waals surface area contributed by atoms with Gasteiger partial charge in [-0.15, -0.1) is 0 Å². The van der Waals surface area contributed by atoms with Gasteiger partial charge in [0.05, 0.1) is 17.7 Å². The lowest BCUT2D eigenvalue weighted by Crippen LogP contribution is -2.25. The summed E-state index contributed by atoms with van der Waals surface area (Å²) in [5, 5.41) is 2.86. The van der Waals surface area contributed by atoms with Crippen molar-refractivity contribution in [1.29, 1.82) is 0 Å². The van der Waals surface area contributed by atoms with Gasteiger partial charge in [0.25, 0.3) is 15.9 Å². The van der Waals surface area contributed by atoms with E-state index in [0.717, 1.165) is 12.8 Å². The van der Waals surface area contributed by atoms with Crippen LogP contribution in [0.4, 0.5) is 5.69 Å². The highest BCUT2D eigenvalue weighted by atomic mass is 32.2. The van der Waals surface area contributed by atoms with Crippen molar-refractivity contribution < 1.29 is 17.9 Å². The number of hydrogen-bond acceptors (Lipinski definition) is 4. The van der Waals surface area contributed by atoms with Gasteiger partial charge >= 0.3 is 0 Å². The normalized spacial score (nSPS) is 14.0. The smallest absolute Gasteiger partial charge is 0.261 e. The molecule has 1 aliphatic carbocycles. The lowest BCUT2D eigenvalue weighted by molar-refractivity contribution is 0.0951. The van der Waals surface area contributed by atoms with E-state index >= 15 is 0 Å². The maximum Gasteiger partial charge on any atom is 0.261 e. The number of rotatable bonds is 6. The number of amides is 1. The van der Waals surface area contributed by atoms with Crippen LogP contribution in [-0.4, -0.2) is 27.5 Å². The standard InChI is InChI=1S/C17H18N2O4S/c1-23-15-4-2-3-14(11-15)19-24(21,22)16-9-5-12(6-10-16)17(20)18-13-7-8-13/h2-6,9-11,13,19H,7-8H2,1H3,(H,18,20). The Hall–Kier alpha value is -2.54. The van der Waals surface area contributed by atoms with Crippen molar-refractivity contribution in [2.45, 2.75) is 23.8 Å². The van der Waals surface area contributed by atoms with Crippen LogP contribution in [-0.2, 0) is 10.0 Å². The zero-order valence-electron chi connectivity index (χ0n) is 13.2. The Bertz CT molecular complexity index is 843. The second kappa shape index (κ2) is 6.52. The Morgan fingerprint density at radius 2 is 1.83 bits per heavy atom. The van der Waals surface area contributed by atoms with Crippen LogP contribution < -0.4 is 14.8 Å². The lowest BCUT2D eigenvalue weighted by Gasteiger charge is -2.10. The maximum atomic E-state index is 12.4. The Morgan fingerprint density at radius 1 is 1.12 bits per heavy atom. The highest BCUT2D eigenvalue weighted by molar-refractivity contribution is 7.92. The number of carbonyl (C=O) groups is 1. The first-order chi connectivity index (χ1) is 11.5. The fourth-order valence-corrected chi connectivity index (χ4v) is 3.23. The van der Waals surface area contributed by atoms with Crippen molar-refractivity contribution in [3.63, 3.8) is 0 Å². The summed E-state index contributed by atoms with van der Waals surface area (Å²) in [5.41, 5.74) is 0.854. The molecular formula is C17H18N2O4S. The third kappa shape index (κ3) is 3.86. The van der Waals surface area contributed by atoms with Crippen LogP contribution in [0.2, 0.25) is 0 Å². The Balaban J connectivity index is 1.75. The van der Waals surface area contributed by atoms with E-state index in [4.69, 9.17) is 4.74 Å². The van der Waals surface area contributed by atoms with Crippen LogP contribution in [0.5, 0.6) is 5.75 Å². The fraction of sp³-hybridized carbons (Fsp3) is 0.235. The molecule has 1 fully saturated rings. The highest BCUT2D eigenvalue weighted by Gasteiger charge is 2.24. The van der Waals surface area contributed by atoms with Crippen molar-refractivity contribution in [3.8, 4) is 5.75 Å². The summed E-state index contributed by atoms with van der Waals surface area (Å²) < 4.78 is 32.4. The quantitative estimate of drug-likeness (QED) is 0.841. The van der Waals surface area contributed by atoms with Crippen LogP contribution in [0.15, 0.2) is 53.4 Å². The van der Waals surface area contributed by atoms with Crippen LogP contribution in [0.25, 0.3) is 0 Å². The number of ether oxygens (including phenoxy) is 1. The van der Waals surface area contributed by atoms with Gasteiger partial charge in [0.1, 0.15) is 5.75 Å². The molecule has 1 saturated carbocycles.